The van der Waals surface area contributed by atoms with Crippen LogP contribution in [-0.4, -0.2) is 70.3 Å². The second-order valence-electron chi connectivity index (χ2n) is 11.0. The van der Waals surface area contributed by atoms with Crippen LogP contribution < -0.4 is 20.3 Å². The zero-order valence-electron chi connectivity index (χ0n) is 26.4. The summed E-state index contributed by atoms with van der Waals surface area (Å²) in [6.07, 6.45) is -4.83. The van der Waals surface area contributed by atoms with Crippen molar-refractivity contribution in [3.8, 4) is 11.5 Å². The average molecular weight is 683 g/mol. The lowest BCUT2D eigenvalue weighted by molar-refractivity contribution is -0.192. The molecule has 3 amide bonds. The van der Waals surface area contributed by atoms with Gasteiger partial charge in [-0.25, -0.2) is 10.3 Å². The molecule has 4 aromatic rings. The third-order valence-electron chi connectivity index (χ3n) is 7.69. The molecular formula is C34H33F3N4O8. The van der Waals surface area contributed by atoms with Crippen molar-refractivity contribution < 1.29 is 52.1 Å². The van der Waals surface area contributed by atoms with Crippen molar-refractivity contribution >= 4 is 40.3 Å². The highest BCUT2D eigenvalue weighted by Crippen LogP contribution is 2.28. The van der Waals surface area contributed by atoms with E-state index < -0.39 is 29.9 Å². The number of rotatable bonds is 8. The van der Waals surface area contributed by atoms with Crippen LogP contribution in [0.5, 0.6) is 11.5 Å². The third-order valence-corrected chi connectivity index (χ3v) is 7.69. The summed E-state index contributed by atoms with van der Waals surface area (Å²) in [7, 11) is 1.51. The summed E-state index contributed by atoms with van der Waals surface area (Å²) < 4.78 is 43.0. The number of benzene rings is 3. The summed E-state index contributed by atoms with van der Waals surface area (Å²) in [5.74, 6) is -4.64. The number of fused-ring (bicyclic) bond motifs is 1. The minimum Gasteiger partial charge on any atom is -0.497 e. The van der Waals surface area contributed by atoms with E-state index in [2.05, 4.69) is 10.3 Å². The Kier molecular flexibility index (Phi) is 11.7. The van der Waals surface area contributed by atoms with E-state index in [1.807, 2.05) is 37.3 Å². The Bertz CT molecular complexity index is 1820. The molecule has 0 unspecified atom stereocenters. The number of nitrogens with one attached hydrogen (secondary N) is 2. The fourth-order valence-corrected chi connectivity index (χ4v) is 5.28. The number of hydrogen-bond acceptors (Lipinski definition) is 8. The van der Waals surface area contributed by atoms with Gasteiger partial charge in [-0.3, -0.25) is 24.6 Å². The topological polar surface area (TPSA) is 167 Å². The van der Waals surface area contributed by atoms with E-state index in [9.17, 15) is 32.8 Å². The first-order chi connectivity index (χ1) is 23.3. The maximum Gasteiger partial charge on any atom is 0.490 e. The van der Waals surface area contributed by atoms with Gasteiger partial charge in [0.1, 0.15) is 18.1 Å². The molecule has 5 rings (SSSR count). The van der Waals surface area contributed by atoms with Crippen molar-refractivity contribution in [1.29, 1.82) is 0 Å². The number of anilines is 1. The summed E-state index contributed by atoms with van der Waals surface area (Å²) in [4.78, 5) is 53.9. The Labute approximate surface area is 278 Å². The number of hydroxylamine groups is 1. The summed E-state index contributed by atoms with van der Waals surface area (Å²) in [6, 6.07) is 23.6. The van der Waals surface area contributed by atoms with Gasteiger partial charge in [0.25, 0.3) is 5.91 Å². The Morgan fingerprint density at radius 2 is 1.63 bits per heavy atom. The van der Waals surface area contributed by atoms with Gasteiger partial charge in [0, 0.05) is 41.0 Å². The van der Waals surface area contributed by atoms with Crippen molar-refractivity contribution in [2.24, 2.45) is 11.8 Å². The average Bonchev–Trinajstić information content (AvgIpc) is 3.10. The van der Waals surface area contributed by atoms with Crippen LogP contribution in [0.3, 0.4) is 0 Å². The van der Waals surface area contributed by atoms with Crippen LogP contribution in [0.4, 0.5) is 18.9 Å². The first kappa shape index (κ1) is 36.1. The van der Waals surface area contributed by atoms with Crippen LogP contribution in [0.25, 0.3) is 10.9 Å². The van der Waals surface area contributed by atoms with Gasteiger partial charge < -0.3 is 24.8 Å². The second-order valence-corrected chi connectivity index (χ2v) is 11.0. The van der Waals surface area contributed by atoms with Gasteiger partial charge in [-0.2, -0.15) is 13.2 Å². The number of halogens is 3. The molecule has 1 saturated heterocycles. The number of ether oxygens (including phenoxy) is 2. The number of carboxylic acids is 1. The van der Waals surface area contributed by atoms with Crippen molar-refractivity contribution in [1.82, 2.24) is 15.4 Å². The molecule has 1 aromatic heterocycles. The Morgan fingerprint density at radius 1 is 0.939 bits per heavy atom. The number of aromatic nitrogens is 1. The zero-order chi connectivity index (χ0) is 35.7. The molecule has 0 radical (unpaired) electrons. The number of piperidine rings is 1. The van der Waals surface area contributed by atoms with Crippen LogP contribution in [0.2, 0.25) is 0 Å². The molecule has 1 aliphatic heterocycles. The number of hydrogen-bond donors (Lipinski definition) is 4. The van der Waals surface area contributed by atoms with E-state index in [1.54, 1.807) is 54.0 Å². The molecule has 2 heterocycles. The van der Waals surface area contributed by atoms with Crippen molar-refractivity contribution in [2.75, 3.05) is 25.5 Å². The molecule has 15 heteroatoms. The van der Waals surface area contributed by atoms with Crippen LogP contribution in [0.1, 0.15) is 28.0 Å². The Hall–Kier alpha value is -5.70. The minimum atomic E-state index is -5.08. The van der Waals surface area contributed by atoms with E-state index in [1.165, 1.54) is 12.0 Å². The number of nitrogens with zero attached hydrogens (tertiary/aromatic N) is 2. The summed E-state index contributed by atoms with van der Waals surface area (Å²) in [6.45, 7) is 2.57. The SMILES string of the molecule is COc1cccc(C(=O)N2CC[C@H](C(=O)Nc3ccc(OCc4cc(C)nc5ccccc45)cc3)[C@@H](C(=O)NO)C2)c1.O=C(O)C(F)(F)F. The van der Waals surface area contributed by atoms with Gasteiger partial charge >= 0.3 is 12.1 Å². The van der Waals surface area contributed by atoms with Gasteiger partial charge in [0.2, 0.25) is 11.8 Å². The van der Waals surface area contributed by atoms with E-state index in [0.29, 0.717) is 29.4 Å². The molecule has 0 saturated carbocycles. The molecule has 0 bridgehead atoms. The van der Waals surface area contributed by atoms with Gasteiger partial charge in [-0.05, 0) is 67.9 Å². The lowest BCUT2D eigenvalue weighted by Gasteiger charge is -2.36. The molecule has 3 aromatic carbocycles. The number of likely N-dealkylation sites (tertiary alicyclic amines) is 1. The number of carbonyl (C=O) groups excluding carboxylic acids is 3. The molecule has 4 N–H and O–H groups in total. The number of methoxy groups -OCH3 is 1. The highest BCUT2D eigenvalue weighted by atomic mass is 19.4. The number of carboxylic acid groups (broad SMARTS) is 1. The van der Waals surface area contributed by atoms with Crippen molar-refractivity contribution in [3.05, 3.63) is 95.7 Å². The highest BCUT2D eigenvalue weighted by Gasteiger charge is 2.40. The fraction of sp³-hybridized carbons (Fsp3) is 0.265. The fourth-order valence-electron chi connectivity index (χ4n) is 5.28. The predicted octanol–water partition coefficient (Wildman–Crippen LogP) is 4.99. The van der Waals surface area contributed by atoms with Crippen LogP contribution in [0, 0.1) is 18.8 Å². The number of carbonyl (C=O) groups is 4. The molecule has 49 heavy (non-hydrogen) atoms. The number of alkyl halides is 3. The van der Waals surface area contributed by atoms with Crippen molar-refractivity contribution in [3.63, 3.8) is 0 Å². The minimum absolute atomic E-state index is 0.0174. The number of aliphatic carboxylic acids is 1. The first-order valence-corrected chi connectivity index (χ1v) is 14.9. The maximum atomic E-state index is 13.3. The maximum absolute atomic E-state index is 13.3. The second kappa shape index (κ2) is 15.9. The van der Waals surface area contributed by atoms with Gasteiger partial charge in [-0.15, -0.1) is 0 Å². The van der Waals surface area contributed by atoms with Crippen molar-refractivity contribution in [2.45, 2.75) is 26.1 Å². The lowest BCUT2D eigenvalue weighted by Crippen LogP contribution is -2.52. The third kappa shape index (κ3) is 9.44. The Morgan fingerprint density at radius 3 is 2.29 bits per heavy atom. The van der Waals surface area contributed by atoms with E-state index in [-0.39, 0.29) is 31.3 Å². The number of aryl methyl sites for hydroxylation is 1. The van der Waals surface area contributed by atoms with E-state index in [4.69, 9.17) is 19.4 Å². The first-order valence-electron chi connectivity index (χ1n) is 14.9. The van der Waals surface area contributed by atoms with Crippen LogP contribution in [0.15, 0.2) is 78.9 Å². The molecule has 1 aliphatic rings. The quantitative estimate of drug-likeness (QED) is 0.148. The summed E-state index contributed by atoms with van der Waals surface area (Å²) >= 11 is 0. The monoisotopic (exact) mass is 682 g/mol. The smallest absolute Gasteiger partial charge is 0.490 e. The zero-order valence-corrected chi connectivity index (χ0v) is 26.4. The Balaban J connectivity index is 0.000000698. The largest absolute Gasteiger partial charge is 0.497 e. The molecule has 1 fully saturated rings. The summed E-state index contributed by atoms with van der Waals surface area (Å²) in [5.41, 5.74) is 5.46. The molecular weight excluding hydrogens is 649 g/mol. The number of pyridine rings is 1. The van der Waals surface area contributed by atoms with Gasteiger partial charge in [-0.1, -0.05) is 24.3 Å². The van der Waals surface area contributed by atoms with E-state index in [0.717, 1.165) is 22.2 Å². The van der Waals surface area contributed by atoms with Crippen LogP contribution in [-0.2, 0) is 21.0 Å². The molecule has 2 atom stereocenters. The highest BCUT2D eigenvalue weighted by molar-refractivity contribution is 5.98. The summed E-state index contributed by atoms with van der Waals surface area (Å²) in [5, 5.41) is 20.4. The predicted molar refractivity (Wildman–Crippen MR) is 170 cm³/mol. The number of para-hydroxylation sites is 1. The van der Waals surface area contributed by atoms with Crippen LogP contribution >= 0.6 is 0 Å². The van der Waals surface area contributed by atoms with Gasteiger partial charge in [0.05, 0.1) is 24.5 Å². The normalized spacial score (nSPS) is 15.8. The standard InChI is InChI=1S/C32H32N4O6.C2HF3O2/c1-20-16-22(26-8-3-4-9-29(26)33-20)19-42-24-12-10-23(11-13-24)34-30(37)27-14-15-36(18-28(27)31(38)35-40)32(39)21-6-5-7-25(17-21)41-2;3-2(4,5)1(6)7/h3-13,16-17,27-28,40H,14-15,18-19H2,1-2H3,(H,34,37)(H,35,38);(H,6,7)/t27-,28-;/m0./s1. The molecule has 0 spiro atoms. The number of amides is 3. The van der Waals surface area contributed by atoms with Gasteiger partial charge in [0.15, 0.2) is 0 Å². The molecule has 258 valence electrons. The molecule has 12 nitrogen and oxygen atoms in total. The lowest BCUT2D eigenvalue weighted by atomic mass is 9.83. The molecule has 0 aliphatic carbocycles. The van der Waals surface area contributed by atoms with E-state index >= 15 is 0 Å².